The summed E-state index contributed by atoms with van der Waals surface area (Å²) in [6.07, 6.45) is 0. The summed E-state index contributed by atoms with van der Waals surface area (Å²) >= 11 is 19.1. The highest BCUT2D eigenvalue weighted by Gasteiger charge is 2.09. The lowest BCUT2D eigenvalue weighted by molar-refractivity contribution is 0.0526. The van der Waals surface area contributed by atoms with Crippen molar-refractivity contribution in [2.45, 2.75) is 19.6 Å². The Kier molecular flexibility index (Phi) is 9.38. The zero-order valence-electron chi connectivity index (χ0n) is 15.7. The highest BCUT2D eigenvalue weighted by Crippen LogP contribution is 2.24. The molecule has 4 nitrogen and oxygen atoms in total. The predicted octanol–water partition coefficient (Wildman–Crippen LogP) is 5.70. The minimum absolute atomic E-state index is 0.322. The van der Waals surface area contributed by atoms with Crippen molar-refractivity contribution in [1.82, 2.24) is 5.32 Å². The van der Waals surface area contributed by atoms with Crippen molar-refractivity contribution < 1.29 is 9.53 Å². The summed E-state index contributed by atoms with van der Waals surface area (Å²) in [6, 6.07) is 11.0. The van der Waals surface area contributed by atoms with Crippen LogP contribution in [0.25, 0.3) is 0 Å². The summed E-state index contributed by atoms with van der Waals surface area (Å²) in [5.41, 5.74) is 3.44. The molecule has 0 aliphatic carbocycles. The molecule has 0 aromatic heterocycles. The Hall–Kier alpha value is -1.47. The quantitative estimate of drug-likeness (QED) is 0.301. The standard InChI is InChI=1S/C20H22Cl2N2O2S2/c1-3-26-19(25)15-5-7-18(13(2)10-15)24-20(27)23-8-9-28-12-14-4-6-16(21)17(22)11-14/h4-7,10-11H,3,8-9,12H2,1-2H3,(H2,23,24,27). The van der Waals surface area contributed by atoms with Gasteiger partial charge in [-0.3, -0.25) is 0 Å². The fraction of sp³-hybridized carbons (Fsp3) is 0.300. The molecule has 0 radical (unpaired) electrons. The average Bonchev–Trinajstić information content (AvgIpc) is 2.66. The first-order chi connectivity index (χ1) is 13.4. The number of anilines is 1. The monoisotopic (exact) mass is 456 g/mol. The van der Waals surface area contributed by atoms with E-state index in [1.807, 2.05) is 31.2 Å². The minimum Gasteiger partial charge on any atom is -0.462 e. The lowest BCUT2D eigenvalue weighted by Gasteiger charge is -2.13. The summed E-state index contributed by atoms with van der Waals surface area (Å²) in [7, 11) is 0. The van der Waals surface area contributed by atoms with E-state index in [2.05, 4.69) is 10.6 Å². The summed E-state index contributed by atoms with van der Waals surface area (Å²) < 4.78 is 5.01. The molecule has 0 amide bonds. The molecule has 0 saturated heterocycles. The molecule has 2 N–H and O–H groups in total. The number of carbonyl (C=O) groups excluding carboxylic acids is 1. The molecule has 0 fully saturated rings. The van der Waals surface area contributed by atoms with Crippen molar-refractivity contribution in [3.8, 4) is 0 Å². The summed E-state index contributed by atoms with van der Waals surface area (Å²) in [5, 5.41) is 8.03. The number of benzene rings is 2. The predicted molar refractivity (Wildman–Crippen MR) is 124 cm³/mol. The number of aryl methyl sites for hydroxylation is 1. The molecule has 0 atom stereocenters. The molecule has 0 saturated carbocycles. The first-order valence-corrected chi connectivity index (χ1v) is 11.1. The summed E-state index contributed by atoms with van der Waals surface area (Å²) in [5.74, 6) is 1.42. The fourth-order valence-electron chi connectivity index (χ4n) is 2.37. The van der Waals surface area contributed by atoms with Gasteiger partial charge in [-0.15, -0.1) is 0 Å². The first kappa shape index (κ1) is 22.8. The van der Waals surface area contributed by atoms with Gasteiger partial charge in [-0.25, -0.2) is 4.79 Å². The molecule has 0 aliphatic heterocycles. The third-order valence-electron chi connectivity index (χ3n) is 3.77. The number of hydrogen-bond acceptors (Lipinski definition) is 4. The topological polar surface area (TPSA) is 50.4 Å². The minimum atomic E-state index is -0.322. The summed E-state index contributed by atoms with van der Waals surface area (Å²) in [4.78, 5) is 11.8. The molecule has 2 rings (SSSR count). The Labute approximate surface area is 185 Å². The Morgan fingerprint density at radius 3 is 2.64 bits per heavy atom. The van der Waals surface area contributed by atoms with Crippen molar-refractivity contribution in [3.05, 3.63) is 63.1 Å². The van der Waals surface area contributed by atoms with Gasteiger partial charge in [0.15, 0.2) is 5.11 Å². The number of nitrogens with one attached hydrogen (secondary N) is 2. The Morgan fingerprint density at radius 2 is 1.96 bits per heavy atom. The van der Waals surface area contributed by atoms with Crippen molar-refractivity contribution in [2.75, 3.05) is 24.2 Å². The van der Waals surface area contributed by atoms with E-state index in [0.29, 0.717) is 27.3 Å². The van der Waals surface area contributed by atoms with Crippen LogP contribution in [0.5, 0.6) is 0 Å². The van der Waals surface area contributed by atoms with Crippen molar-refractivity contribution in [1.29, 1.82) is 0 Å². The molecule has 0 bridgehead atoms. The van der Waals surface area contributed by atoms with E-state index >= 15 is 0 Å². The fourth-order valence-corrected chi connectivity index (χ4v) is 3.71. The lowest BCUT2D eigenvalue weighted by atomic mass is 10.1. The van der Waals surface area contributed by atoms with E-state index in [9.17, 15) is 4.79 Å². The van der Waals surface area contributed by atoms with Crippen molar-refractivity contribution >= 4 is 64.0 Å². The second kappa shape index (κ2) is 11.5. The number of carbonyl (C=O) groups is 1. The van der Waals surface area contributed by atoms with Crippen LogP contribution in [0.4, 0.5) is 5.69 Å². The normalized spacial score (nSPS) is 10.4. The second-order valence-corrected chi connectivity index (χ2v) is 8.26. The number of halogens is 2. The van der Waals surface area contributed by atoms with Crippen LogP contribution in [0, 0.1) is 6.92 Å². The molecular formula is C20H22Cl2N2O2S2. The van der Waals surface area contributed by atoms with Gasteiger partial charge in [-0.2, -0.15) is 11.8 Å². The van der Waals surface area contributed by atoms with E-state index in [-0.39, 0.29) is 5.97 Å². The SMILES string of the molecule is CCOC(=O)c1ccc(NC(=S)NCCSCc2ccc(Cl)c(Cl)c2)c(C)c1. The molecule has 0 heterocycles. The van der Waals surface area contributed by atoms with Crippen LogP contribution < -0.4 is 10.6 Å². The molecular weight excluding hydrogens is 435 g/mol. The lowest BCUT2D eigenvalue weighted by Crippen LogP contribution is -2.30. The molecule has 2 aromatic carbocycles. The molecule has 150 valence electrons. The summed E-state index contributed by atoms with van der Waals surface area (Å²) in [6.45, 7) is 4.79. The molecule has 0 aliphatic rings. The number of thioether (sulfide) groups is 1. The van der Waals surface area contributed by atoms with Crippen molar-refractivity contribution in [3.63, 3.8) is 0 Å². The van der Waals surface area contributed by atoms with Gasteiger partial charge in [-0.1, -0.05) is 29.3 Å². The maximum Gasteiger partial charge on any atom is 0.338 e. The van der Waals surface area contributed by atoms with Gasteiger partial charge in [0, 0.05) is 23.7 Å². The molecule has 8 heteroatoms. The van der Waals surface area contributed by atoms with Crippen molar-refractivity contribution in [2.24, 2.45) is 0 Å². The Balaban J connectivity index is 1.73. The van der Waals surface area contributed by atoms with Gasteiger partial charge >= 0.3 is 5.97 Å². The van der Waals surface area contributed by atoms with Crippen LogP contribution in [0.3, 0.4) is 0 Å². The third kappa shape index (κ3) is 7.17. The van der Waals surface area contributed by atoms with Crippen LogP contribution in [-0.4, -0.2) is 30.0 Å². The van der Waals surface area contributed by atoms with E-state index in [1.165, 1.54) is 0 Å². The average molecular weight is 457 g/mol. The number of esters is 1. The van der Waals surface area contributed by atoms with E-state index in [0.717, 1.165) is 34.9 Å². The molecule has 0 spiro atoms. The number of rotatable bonds is 8. The van der Waals surface area contributed by atoms with Gasteiger partial charge in [0.25, 0.3) is 0 Å². The van der Waals surface area contributed by atoms with Crippen LogP contribution in [0.1, 0.15) is 28.4 Å². The number of thiocarbonyl (C=S) groups is 1. The van der Waals surface area contributed by atoms with Gasteiger partial charge < -0.3 is 15.4 Å². The number of hydrogen-bond donors (Lipinski definition) is 2. The third-order valence-corrected chi connectivity index (χ3v) is 5.79. The van der Waals surface area contributed by atoms with E-state index in [4.69, 9.17) is 40.2 Å². The highest BCUT2D eigenvalue weighted by atomic mass is 35.5. The van der Waals surface area contributed by atoms with Crippen LogP contribution in [-0.2, 0) is 10.5 Å². The maximum absolute atomic E-state index is 11.8. The Bertz CT molecular complexity index is 847. The highest BCUT2D eigenvalue weighted by molar-refractivity contribution is 7.98. The van der Waals surface area contributed by atoms with Gasteiger partial charge in [0.05, 0.1) is 22.2 Å². The largest absolute Gasteiger partial charge is 0.462 e. The first-order valence-electron chi connectivity index (χ1n) is 8.75. The van der Waals surface area contributed by atoms with Crippen LogP contribution >= 0.6 is 47.2 Å². The smallest absolute Gasteiger partial charge is 0.338 e. The van der Waals surface area contributed by atoms with Gasteiger partial charge in [-0.05, 0) is 67.5 Å². The van der Waals surface area contributed by atoms with Gasteiger partial charge in [0.2, 0.25) is 0 Å². The molecule has 2 aromatic rings. The van der Waals surface area contributed by atoms with Crippen LogP contribution in [0.2, 0.25) is 10.0 Å². The molecule has 0 unspecified atom stereocenters. The Morgan fingerprint density at radius 1 is 1.18 bits per heavy atom. The van der Waals surface area contributed by atoms with Gasteiger partial charge in [0.1, 0.15) is 0 Å². The second-order valence-electron chi connectivity index (χ2n) is 5.93. The van der Waals surface area contributed by atoms with Crippen LogP contribution in [0.15, 0.2) is 36.4 Å². The van der Waals surface area contributed by atoms with E-state index in [1.54, 1.807) is 30.8 Å². The molecule has 28 heavy (non-hydrogen) atoms. The number of ether oxygens (including phenoxy) is 1. The zero-order valence-corrected chi connectivity index (χ0v) is 18.8. The zero-order chi connectivity index (χ0) is 20.5. The van der Waals surface area contributed by atoms with E-state index < -0.39 is 0 Å². The maximum atomic E-state index is 11.8.